The van der Waals surface area contributed by atoms with Crippen molar-refractivity contribution in [3.8, 4) is 0 Å². The van der Waals surface area contributed by atoms with Crippen molar-refractivity contribution in [2.45, 2.75) is 25.2 Å². The van der Waals surface area contributed by atoms with Crippen molar-refractivity contribution in [3.05, 3.63) is 17.7 Å². The number of hydrogen-bond acceptors (Lipinski definition) is 2. The Labute approximate surface area is 80.9 Å². The fourth-order valence-electron chi connectivity index (χ4n) is 1.66. The minimum absolute atomic E-state index is 0.0978. The van der Waals surface area contributed by atoms with Crippen molar-refractivity contribution in [2.24, 2.45) is 0 Å². The maximum Gasteiger partial charge on any atom is 0.286 e. The van der Waals surface area contributed by atoms with Crippen LogP contribution < -0.4 is 5.32 Å². The van der Waals surface area contributed by atoms with Crippen molar-refractivity contribution in [2.75, 3.05) is 13.1 Å². The minimum atomic E-state index is -2.82. The number of H-pyrrole nitrogens is 1. The average Bonchev–Trinajstić information content (AvgIpc) is 2.73. The highest BCUT2D eigenvalue weighted by molar-refractivity contribution is 5.11. The Morgan fingerprint density at radius 3 is 2.86 bits per heavy atom. The van der Waals surface area contributed by atoms with Gasteiger partial charge in [-0.2, -0.15) is 8.78 Å². The largest absolute Gasteiger partial charge is 0.341 e. The topological polar surface area (TPSA) is 40.7 Å². The number of rotatable bonds is 2. The maximum absolute atomic E-state index is 12.9. The maximum atomic E-state index is 12.9. The standard InChI is InChI=1S/C9H13F2N3/c1-9(10,11)7-5-13-8(14-7)6-2-3-12-4-6/h5-6,12H,2-4H2,1H3,(H,13,14). The number of aromatic nitrogens is 2. The average molecular weight is 201 g/mol. The van der Waals surface area contributed by atoms with Crippen LogP contribution in [0.1, 0.15) is 30.8 Å². The fraction of sp³-hybridized carbons (Fsp3) is 0.667. The molecule has 2 rings (SSSR count). The van der Waals surface area contributed by atoms with Crippen LogP contribution in [-0.2, 0) is 5.92 Å². The first-order chi connectivity index (χ1) is 6.57. The number of aromatic amines is 1. The third kappa shape index (κ3) is 1.77. The van der Waals surface area contributed by atoms with Gasteiger partial charge in [-0.15, -0.1) is 0 Å². The van der Waals surface area contributed by atoms with Crippen LogP contribution in [0.2, 0.25) is 0 Å². The van der Waals surface area contributed by atoms with Gasteiger partial charge >= 0.3 is 0 Å². The van der Waals surface area contributed by atoms with Gasteiger partial charge in [0.2, 0.25) is 0 Å². The van der Waals surface area contributed by atoms with Crippen LogP contribution in [0.25, 0.3) is 0 Å². The van der Waals surface area contributed by atoms with Crippen LogP contribution in [0.5, 0.6) is 0 Å². The number of nitrogens with one attached hydrogen (secondary N) is 2. The lowest BCUT2D eigenvalue weighted by Gasteiger charge is -2.07. The number of halogens is 2. The predicted molar refractivity (Wildman–Crippen MR) is 48.4 cm³/mol. The SMILES string of the molecule is CC(F)(F)c1cnc(C2CCNC2)[nH]1. The molecule has 78 valence electrons. The molecule has 2 N–H and O–H groups in total. The van der Waals surface area contributed by atoms with Gasteiger partial charge in [0.15, 0.2) is 0 Å². The Morgan fingerprint density at radius 1 is 1.57 bits per heavy atom. The number of imidazole rings is 1. The molecule has 1 unspecified atom stereocenters. The monoisotopic (exact) mass is 201 g/mol. The number of alkyl halides is 2. The second-order valence-corrected chi connectivity index (χ2v) is 3.76. The van der Waals surface area contributed by atoms with Crippen LogP contribution in [0.15, 0.2) is 6.20 Å². The molecule has 1 saturated heterocycles. The van der Waals surface area contributed by atoms with Crippen LogP contribution in [-0.4, -0.2) is 23.1 Å². The summed E-state index contributed by atoms with van der Waals surface area (Å²) >= 11 is 0. The lowest BCUT2D eigenvalue weighted by atomic mass is 10.1. The van der Waals surface area contributed by atoms with E-state index in [2.05, 4.69) is 15.3 Å². The quantitative estimate of drug-likeness (QED) is 0.763. The van der Waals surface area contributed by atoms with E-state index in [1.165, 1.54) is 6.20 Å². The van der Waals surface area contributed by atoms with Gasteiger partial charge in [0.1, 0.15) is 11.5 Å². The molecular formula is C9H13F2N3. The smallest absolute Gasteiger partial charge is 0.286 e. The van der Waals surface area contributed by atoms with Gasteiger partial charge < -0.3 is 10.3 Å². The lowest BCUT2D eigenvalue weighted by molar-refractivity contribution is 0.0130. The molecule has 14 heavy (non-hydrogen) atoms. The zero-order valence-electron chi connectivity index (χ0n) is 7.98. The third-order valence-corrected chi connectivity index (χ3v) is 2.52. The molecule has 1 aliphatic heterocycles. The zero-order chi connectivity index (χ0) is 10.2. The van der Waals surface area contributed by atoms with E-state index < -0.39 is 5.92 Å². The van der Waals surface area contributed by atoms with Crippen LogP contribution in [0.4, 0.5) is 8.78 Å². The summed E-state index contributed by atoms with van der Waals surface area (Å²) < 4.78 is 25.7. The Hall–Kier alpha value is -0.970. The molecule has 0 saturated carbocycles. The number of nitrogens with zero attached hydrogens (tertiary/aromatic N) is 1. The highest BCUT2D eigenvalue weighted by Crippen LogP contribution is 2.27. The third-order valence-electron chi connectivity index (χ3n) is 2.52. The molecule has 0 radical (unpaired) electrons. The molecule has 1 fully saturated rings. The van der Waals surface area contributed by atoms with E-state index in [1.807, 2.05) is 0 Å². The van der Waals surface area contributed by atoms with Crippen molar-refractivity contribution in [3.63, 3.8) is 0 Å². The molecule has 5 heteroatoms. The van der Waals surface area contributed by atoms with E-state index >= 15 is 0 Å². The summed E-state index contributed by atoms with van der Waals surface area (Å²) in [5, 5.41) is 3.17. The van der Waals surface area contributed by atoms with E-state index in [-0.39, 0.29) is 11.6 Å². The fourth-order valence-corrected chi connectivity index (χ4v) is 1.66. The Bertz CT molecular complexity index is 310. The molecule has 0 aliphatic carbocycles. The summed E-state index contributed by atoms with van der Waals surface area (Å²) in [5.74, 6) is -1.89. The van der Waals surface area contributed by atoms with Gasteiger partial charge in [-0.1, -0.05) is 0 Å². The molecule has 0 bridgehead atoms. The Kier molecular flexibility index (Phi) is 2.26. The van der Waals surface area contributed by atoms with Gasteiger partial charge in [0, 0.05) is 19.4 Å². The van der Waals surface area contributed by atoms with E-state index in [1.54, 1.807) is 0 Å². The summed E-state index contributed by atoms with van der Waals surface area (Å²) in [6, 6.07) is 0. The predicted octanol–water partition coefficient (Wildman–Crippen LogP) is 1.60. The van der Waals surface area contributed by atoms with Crippen LogP contribution >= 0.6 is 0 Å². The summed E-state index contributed by atoms with van der Waals surface area (Å²) in [6.45, 7) is 2.63. The molecule has 1 aliphatic rings. The molecule has 1 atom stereocenters. The van der Waals surface area contributed by atoms with Crippen molar-refractivity contribution >= 4 is 0 Å². The van der Waals surface area contributed by atoms with E-state index in [4.69, 9.17) is 0 Å². The Morgan fingerprint density at radius 2 is 2.36 bits per heavy atom. The second-order valence-electron chi connectivity index (χ2n) is 3.76. The first-order valence-electron chi connectivity index (χ1n) is 4.71. The molecular weight excluding hydrogens is 188 g/mol. The molecule has 0 amide bonds. The molecule has 3 nitrogen and oxygen atoms in total. The molecule has 2 heterocycles. The first kappa shape index (κ1) is 9.58. The van der Waals surface area contributed by atoms with Crippen molar-refractivity contribution in [1.82, 2.24) is 15.3 Å². The van der Waals surface area contributed by atoms with Crippen molar-refractivity contribution in [1.29, 1.82) is 0 Å². The van der Waals surface area contributed by atoms with Gasteiger partial charge in [-0.05, 0) is 13.0 Å². The van der Waals surface area contributed by atoms with Gasteiger partial charge in [0.05, 0.1) is 6.20 Å². The van der Waals surface area contributed by atoms with E-state index in [0.29, 0.717) is 5.82 Å². The number of hydrogen-bond donors (Lipinski definition) is 2. The zero-order valence-corrected chi connectivity index (χ0v) is 7.98. The van der Waals surface area contributed by atoms with Gasteiger partial charge in [0.25, 0.3) is 5.92 Å². The molecule has 0 aromatic carbocycles. The normalized spacial score (nSPS) is 22.9. The van der Waals surface area contributed by atoms with Crippen molar-refractivity contribution < 1.29 is 8.78 Å². The summed E-state index contributed by atoms with van der Waals surface area (Å²) in [6.07, 6.45) is 2.19. The second kappa shape index (κ2) is 3.31. The van der Waals surface area contributed by atoms with E-state index in [9.17, 15) is 8.78 Å². The molecule has 1 aromatic heterocycles. The van der Waals surface area contributed by atoms with Gasteiger partial charge in [-0.3, -0.25) is 0 Å². The summed E-state index contributed by atoms with van der Waals surface area (Å²) in [4.78, 5) is 6.68. The van der Waals surface area contributed by atoms with E-state index in [0.717, 1.165) is 26.4 Å². The first-order valence-corrected chi connectivity index (χ1v) is 4.71. The molecule has 1 aromatic rings. The summed E-state index contributed by atoms with van der Waals surface area (Å²) in [7, 11) is 0. The highest BCUT2D eigenvalue weighted by Gasteiger charge is 2.28. The van der Waals surface area contributed by atoms with Crippen LogP contribution in [0.3, 0.4) is 0 Å². The highest BCUT2D eigenvalue weighted by atomic mass is 19.3. The van der Waals surface area contributed by atoms with Crippen LogP contribution in [0, 0.1) is 0 Å². The Balaban J connectivity index is 2.17. The molecule has 0 spiro atoms. The summed E-state index contributed by atoms with van der Waals surface area (Å²) in [5.41, 5.74) is -0.0978. The van der Waals surface area contributed by atoms with Gasteiger partial charge in [-0.25, -0.2) is 4.98 Å². The lowest BCUT2D eigenvalue weighted by Crippen LogP contribution is -2.10. The minimum Gasteiger partial charge on any atom is -0.341 e.